The van der Waals surface area contributed by atoms with E-state index in [1.54, 1.807) is 0 Å². The topological polar surface area (TPSA) is 227 Å². The Hall–Kier alpha value is -3.33. The van der Waals surface area contributed by atoms with Crippen LogP contribution in [0.5, 0.6) is 34.5 Å². The molecule has 0 radical (unpaired) electrons. The maximum absolute atomic E-state index is 12.6. The second kappa shape index (κ2) is 8.79. The zero-order valence-electron chi connectivity index (χ0n) is 17.2. The van der Waals surface area contributed by atoms with Crippen LogP contribution in [-0.2, 0) is 4.74 Å². The summed E-state index contributed by atoms with van der Waals surface area (Å²) in [5, 5.41) is 89.9. The number of carbonyl (C=O) groups is 1. The van der Waals surface area contributed by atoms with Crippen LogP contribution < -0.4 is 9.47 Å². The Labute approximate surface area is 190 Å². The number of aliphatic hydroxyl groups is 5. The molecule has 7 atom stereocenters. The van der Waals surface area contributed by atoms with Crippen LogP contribution in [0, 0.1) is 0 Å². The van der Waals surface area contributed by atoms with E-state index in [9.17, 15) is 50.8 Å². The van der Waals surface area contributed by atoms with Crippen molar-refractivity contribution in [3.05, 3.63) is 35.4 Å². The van der Waals surface area contributed by atoms with Crippen molar-refractivity contribution in [3.63, 3.8) is 0 Å². The first-order chi connectivity index (χ1) is 16.0. The number of phenolic OH excluding ortho intramolecular Hbond substituents is 4. The van der Waals surface area contributed by atoms with Gasteiger partial charge in [0.1, 0.15) is 47.2 Å². The Bertz CT molecular complexity index is 1080. The summed E-state index contributed by atoms with van der Waals surface area (Å²) in [4.78, 5) is 12.6. The molecule has 2 aromatic rings. The molecular weight excluding hydrogens is 460 g/mol. The van der Waals surface area contributed by atoms with Gasteiger partial charge in [0.25, 0.3) is 0 Å². The highest BCUT2D eigenvalue weighted by Crippen LogP contribution is 2.45. The molecule has 1 saturated heterocycles. The standard InChI is InChI=1S/C21H22O13/c22-5-12-14(27)16(29)18(31)21(33-12)34-20-9(25)1-6(2-10(20)26)19-17(30)15(28)13-8(24)3-7(23)4-11(13)32-19/h1-4,12,14,16-19,21-27,29-31H,5H2. The first-order valence-corrected chi connectivity index (χ1v) is 10.0. The molecule has 9 N–H and O–H groups in total. The van der Waals surface area contributed by atoms with E-state index in [1.807, 2.05) is 0 Å². The quantitative estimate of drug-likeness (QED) is 0.239. The number of aromatic hydroxyl groups is 4. The summed E-state index contributed by atoms with van der Waals surface area (Å²) < 4.78 is 16.0. The van der Waals surface area contributed by atoms with E-state index in [1.165, 1.54) is 0 Å². The lowest BCUT2D eigenvalue weighted by Crippen LogP contribution is -2.60. The normalized spacial score (nSPS) is 31.0. The lowest BCUT2D eigenvalue weighted by Gasteiger charge is -2.39. The summed E-state index contributed by atoms with van der Waals surface area (Å²) in [5.41, 5.74) is -0.442. The second-order valence-electron chi connectivity index (χ2n) is 7.89. The molecule has 2 aliphatic rings. The van der Waals surface area contributed by atoms with E-state index in [2.05, 4.69) is 0 Å². The van der Waals surface area contributed by atoms with Gasteiger partial charge in [-0.2, -0.15) is 0 Å². The Morgan fingerprint density at radius 2 is 1.50 bits per heavy atom. The molecule has 2 heterocycles. The number of phenols is 4. The zero-order chi connectivity index (χ0) is 24.9. The summed E-state index contributed by atoms with van der Waals surface area (Å²) in [6, 6.07) is 3.90. The summed E-state index contributed by atoms with van der Waals surface area (Å²) in [6.45, 7) is -0.723. The number of fused-ring (bicyclic) bond motifs is 1. The predicted octanol–water partition coefficient (Wildman–Crippen LogP) is -1.64. The molecule has 2 aromatic carbocycles. The Morgan fingerprint density at radius 1 is 0.853 bits per heavy atom. The van der Waals surface area contributed by atoms with Gasteiger partial charge in [0.05, 0.1) is 6.61 Å². The number of carbonyl (C=O) groups excluding carboxylic acids is 1. The van der Waals surface area contributed by atoms with Gasteiger partial charge in [-0.3, -0.25) is 4.79 Å². The van der Waals surface area contributed by atoms with Gasteiger partial charge in [0.15, 0.2) is 23.7 Å². The van der Waals surface area contributed by atoms with Crippen LogP contribution in [0.3, 0.4) is 0 Å². The van der Waals surface area contributed by atoms with Crippen LogP contribution in [0.1, 0.15) is 22.0 Å². The third-order valence-electron chi connectivity index (χ3n) is 5.60. The summed E-state index contributed by atoms with van der Waals surface area (Å²) >= 11 is 0. The Morgan fingerprint density at radius 3 is 2.12 bits per heavy atom. The van der Waals surface area contributed by atoms with Crippen LogP contribution >= 0.6 is 0 Å². The molecule has 0 aromatic heterocycles. The average molecular weight is 482 g/mol. The van der Waals surface area contributed by atoms with Crippen molar-refractivity contribution in [2.45, 2.75) is 42.9 Å². The van der Waals surface area contributed by atoms with Crippen molar-refractivity contribution < 1.29 is 65.0 Å². The number of Topliss-reactive ketones (excluding diaryl/α,β-unsaturated/α-hetero) is 1. The molecule has 184 valence electrons. The molecule has 4 rings (SSSR count). The largest absolute Gasteiger partial charge is 0.508 e. The first kappa shape index (κ1) is 23.8. The van der Waals surface area contributed by atoms with Crippen LogP contribution in [0.2, 0.25) is 0 Å². The number of benzene rings is 2. The van der Waals surface area contributed by atoms with Crippen molar-refractivity contribution >= 4 is 5.78 Å². The van der Waals surface area contributed by atoms with E-state index in [0.29, 0.717) is 0 Å². The number of hydrogen-bond acceptors (Lipinski definition) is 13. The van der Waals surface area contributed by atoms with Crippen molar-refractivity contribution in [3.8, 4) is 34.5 Å². The van der Waals surface area contributed by atoms with Crippen molar-refractivity contribution in [1.82, 2.24) is 0 Å². The average Bonchev–Trinajstić information content (AvgIpc) is 2.77. The number of aliphatic hydroxyl groups excluding tert-OH is 5. The van der Waals surface area contributed by atoms with Crippen molar-refractivity contribution in [2.75, 3.05) is 6.61 Å². The molecule has 34 heavy (non-hydrogen) atoms. The van der Waals surface area contributed by atoms with Gasteiger partial charge in [-0.1, -0.05) is 0 Å². The highest BCUT2D eigenvalue weighted by molar-refractivity contribution is 6.05. The van der Waals surface area contributed by atoms with Crippen LogP contribution in [0.25, 0.3) is 0 Å². The monoisotopic (exact) mass is 482 g/mol. The third kappa shape index (κ3) is 3.94. The fourth-order valence-corrected chi connectivity index (χ4v) is 3.85. The Kier molecular flexibility index (Phi) is 6.16. The van der Waals surface area contributed by atoms with Crippen molar-refractivity contribution in [1.29, 1.82) is 0 Å². The van der Waals surface area contributed by atoms with Gasteiger partial charge in [-0.05, 0) is 12.1 Å². The van der Waals surface area contributed by atoms with Gasteiger partial charge in [0.2, 0.25) is 17.8 Å². The maximum Gasteiger partial charge on any atom is 0.229 e. The van der Waals surface area contributed by atoms with E-state index in [0.717, 1.165) is 24.3 Å². The van der Waals surface area contributed by atoms with E-state index in [4.69, 9.17) is 14.2 Å². The van der Waals surface area contributed by atoms with Gasteiger partial charge in [-0.25, -0.2) is 0 Å². The van der Waals surface area contributed by atoms with Crippen LogP contribution in [0.15, 0.2) is 24.3 Å². The molecular formula is C21H22O13. The predicted molar refractivity (Wildman–Crippen MR) is 108 cm³/mol. The summed E-state index contributed by atoms with van der Waals surface area (Å²) in [6.07, 6.45) is -11.5. The number of hydrogen-bond donors (Lipinski definition) is 9. The molecule has 13 heteroatoms. The summed E-state index contributed by atoms with van der Waals surface area (Å²) in [5.74, 6) is -4.26. The number of rotatable bonds is 4. The van der Waals surface area contributed by atoms with Crippen molar-refractivity contribution in [2.24, 2.45) is 0 Å². The first-order valence-electron chi connectivity index (χ1n) is 10.0. The molecule has 0 saturated carbocycles. The minimum absolute atomic E-state index is 0.0921. The highest BCUT2D eigenvalue weighted by Gasteiger charge is 2.45. The Balaban J connectivity index is 1.62. The molecule has 0 aliphatic carbocycles. The van der Waals surface area contributed by atoms with Gasteiger partial charge >= 0.3 is 0 Å². The fraction of sp³-hybridized carbons (Fsp3) is 0.381. The van der Waals surface area contributed by atoms with Crippen LogP contribution in [0.4, 0.5) is 0 Å². The molecule has 0 amide bonds. The lowest BCUT2D eigenvalue weighted by atomic mass is 9.92. The lowest BCUT2D eigenvalue weighted by molar-refractivity contribution is -0.277. The van der Waals surface area contributed by atoms with E-state index < -0.39 is 84.1 Å². The minimum atomic E-state index is -1.85. The molecule has 13 nitrogen and oxygen atoms in total. The van der Waals surface area contributed by atoms with Gasteiger partial charge < -0.3 is 60.2 Å². The summed E-state index contributed by atoms with van der Waals surface area (Å²) in [7, 11) is 0. The molecule has 7 unspecified atom stereocenters. The number of ketones is 1. The maximum atomic E-state index is 12.6. The second-order valence-corrected chi connectivity index (χ2v) is 7.89. The minimum Gasteiger partial charge on any atom is -0.508 e. The van der Waals surface area contributed by atoms with Gasteiger partial charge in [0, 0.05) is 17.7 Å². The molecule has 1 fully saturated rings. The molecule has 2 aliphatic heterocycles. The SMILES string of the molecule is O=C1c2c(O)cc(O)cc2OC(c2cc(O)c(OC3OC(CO)C(O)C(O)C3O)c(O)c2)C1O. The van der Waals surface area contributed by atoms with Crippen LogP contribution in [-0.4, -0.2) is 95.2 Å². The van der Waals surface area contributed by atoms with E-state index >= 15 is 0 Å². The zero-order valence-corrected chi connectivity index (χ0v) is 17.2. The fourth-order valence-electron chi connectivity index (χ4n) is 3.85. The third-order valence-corrected chi connectivity index (χ3v) is 5.60. The molecule has 0 spiro atoms. The number of ether oxygens (including phenoxy) is 3. The smallest absolute Gasteiger partial charge is 0.229 e. The highest BCUT2D eigenvalue weighted by atomic mass is 16.7. The van der Waals surface area contributed by atoms with Gasteiger partial charge in [-0.15, -0.1) is 0 Å². The molecule has 0 bridgehead atoms. The van der Waals surface area contributed by atoms with E-state index in [-0.39, 0.29) is 16.9 Å².